The van der Waals surface area contributed by atoms with Crippen molar-refractivity contribution in [2.24, 2.45) is 5.92 Å². The summed E-state index contributed by atoms with van der Waals surface area (Å²) in [5, 5.41) is 1.63. The van der Waals surface area contributed by atoms with Crippen molar-refractivity contribution in [2.75, 3.05) is 19.6 Å². The van der Waals surface area contributed by atoms with E-state index in [1.54, 1.807) is 6.20 Å². The van der Waals surface area contributed by atoms with Gasteiger partial charge < -0.3 is 9.15 Å². The second-order valence-electron chi connectivity index (χ2n) is 7.66. The van der Waals surface area contributed by atoms with Crippen LogP contribution in [0.2, 0.25) is 0 Å². The molecule has 4 aromatic rings. The van der Waals surface area contributed by atoms with Crippen LogP contribution in [0.4, 0.5) is 0 Å². The summed E-state index contributed by atoms with van der Waals surface area (Å²) in [6, 6.07) is 9.70. The van der Waals surface area contributed by atoms with Crippen molar-refractivity contribution in [3.63, 3.8) is 0 Å². The Hall–Kier alpha value is -2.53. The minimum absolute atomic E-state index is 0.405. The van der Waals surface area contributed by atoms with Crippen LogP contribution in [0.15, 0.2) is 47.2 Å². The van der Waals surface area contributed by atoms with Crippen LogP contribution in [0.25, 0.3) is 21.3 Å². The Bertz CT molecular complexity index is 1230. The first-order valence-corrected chi connectivity index (χ1v) is 12.1. The molecule has 0 bridgehead atoms. The number of nitrogens with one attached hydrogen (secondary N) is 1. The maximum atomic E-state index is 10.7. The molecule has 162 valence electrons. The van der Waals surface area contributed by atoms with E-state index in [2.05, 4.69) is 19.6 Å². The fraction of sp³-hybridized carbons (Fsp3) is 0.333. The SMILES string of the molecule is O=[SH](=O)NCC1CCN(Cc2coc3cc(Oc4nc5ncccc5s4)ccc23)CC1. The standard InChI is InChI=1S/C21H22N4O4S2/c26-31(27)23-11-14-5-8-25(9-6-14)12-15-13-28-18-10-16(3-4-17(15)18)29-21-24-20-19(30-21)2-1-7-22-20/h1-4,7,10,13-14,31H,5-6,8-9,11-12H2,(H,23,26,27). The number of piperidine rings is 1. The molecule has 1 N–H and O–H groups in total. The number of fused-ring (bicyclic) bond motifs is 2. The molecule has 0 radical (unpaired) electrons. The van der Waals surface area contributed by atoms with E-state index in [9.17, 15) is 8.42 Å². The molecule has 0 aliphatic carbocycles. The Morgan fingerprint density at radius 3 is 2.94 bits per heavy atom. The number of ether oxygens (including phenoxy) is 1. The first-order valence-electron chi connectivity index (χ1n) is 10.1. The van der Waals surface area contributed by atoms with Crippen molar-refractivity contribution in [2.45, 2.75) is 19.4 Å². The third kappa shape index (κ3) is 4.72. The first-order chi connectivity index (χ1) is 15.1. The molecule has 1 aliphatic rings. The van der Waals surface area contributed by atoms with E-state index >= 15 is 0 Å². The number of likely N-dealkylation sites (tertiary alicyclic amines) is 1. The number of nitrogens with zero attached hydrogens (tertiary/aromatic N) is 3. The van der Waals surface area contributed by atoms with Gasteiger partial charge in [-0.2, -0.15) is 4.98 Å². The summed E-state index contributed by atoms with van der Waals surface area (Å²) in [6.45, 7) is 3.24. The summed E-state index contributed by atoms with van der Waals surface area (Å²) in [5.74, 6) is 1.08. The average molecular weight is 459 g/mol. The molecule has 3 aromatic heterocycles. The van der Waals surface area contributed by atoms with Crippen molar-refractivity contribution in [1.82, 2.24) is 19.6 Å². The van der Waals surface area contributed by atoms with E-state index in [1.165, 1.54) is 11.3 Å². The van der Waals surface area contributed by atoms with Crippen molar-refractivity contribution < 1.29 is 17.6 Å². The number of thiol groups is 1. The Balaban J connectivity index is 1.23. The van der Waals surface area contributed by atoms with E-state index in [0.717, 1.165) is 53.7 Å². The van der Waals surface area contributed by atoms with Gasteiger partial charge in [-0.1, -0.05) is 11.3 Å². The molecular formula is C21H22N4O4S2. The molecule has 1 saturated heterocycles. The Morgan fingerprint density at radius 1 is 1.26 bits per heavy atom. The molecule has 8 nitrogen and oxygen atoms in total. The van der Waals surface area contributed by atoms with E-state index < -0.39 is 10.9 Å². The summed E-state index contributed by atoms with van der Waals surface area (Å²) < 4.78 is 36.6. The van der Waals surface area contributed by atoms with Gasteiger partial charge in [-0.05, 0) is 56.1 Å². The lowest BCUT2D eigenvalue weighted by Gasteiger charge is -2.31. The maximum absolute atomic E-state index is 10.7. The fourth-order valence-corrected chi connectivity index (χ4v) is 5.14. The summed E-state index contributed by atoms with van der Waals surface area (Å²) in [5.41, 5.74) is 2.61. The van der Waals surface area contributed by atoms with E-state index in [0.29, 0.717) is 29.1 Å². The quantitative estimate of drug-likeness (QED) is 0.409. The molecule has 1 aliphatic heterocycles. The van der Waals surface area contributed by atoms with Gasteiger partial charge in [-0.15, -0.1) is 0 Å². The van der Waals surface area contributed by atoms with Gasteiger partial charge in [-0.25, -0.2) is 18.1 Å². The zero-order valence-electron chi connectivity index (χ0n) is 16.7. The summed E-state index contributed by atoms with van der Waals surface area (Å²) in [7, 11) is -2.51. The summed E-state index contributed by atoms with van der Waals surface area (Å²) in [6.07, 6.45) is 5.50. The molecule has 0 atom stereocenters. The van der Waals surface area contributed by atoms with Crippen LogP contribution in [0.5, 0.6) is 10.9 Å². The molecule has 4 heterocycles. The normalized spacial score (nSPS) is 15.9. The van der Waals surface area contributed by atoms with Crippen LogP contribution in [0.3, 0.4) is 0 Å². The van der Waals surface area contributed by atoms with Crippen LogP contribution in [-0.4, -0.2) is 42.9 Å². The molecule has 1 fully saturated rings. The van der Waals surface area contributed by atoms with Gasteiger partial charge >= 0.3 is 0 Å². The number of hydrogen-bond acceptors (Lipinski definition) is 8. The molecule has 31 heavy (non-hydrogen) atoms. The highest BCUT2D eigenvalue weighted by atomic mass is 32.2. The number of rotatable bonds is 7. The monoisotopic (exact) mass is 458 g/mol. The van der Waals surface area contributed by atoms with Crippen molar-refractivity contribution in [3.05, 3.63) is 48.4 Å². The Morgan fingerprint density at radius 2 is 2.13 bits per heavy atom. The highest BCUT2D eigenvalue weighted by molar-refractivity contribution is 7.70. The lowest BCUT2D eigenvalue weighted by atomic mass is 9.97. The second-order valence-corrected chi connectivity index (χ2v) is 9.49. The van der Waals surface area contributed by atoms with Crippen LogP contribution in [-0.2, 0) is 17.4 Å². The molecule has 0 unspecified atom stereocenters. The van der Waals surface area contributed by atoms with Gasteiger partial charge in [0.25, 0.3) is 5.19 Å². The van der Waals surface area contributed by atoms with Crippen LogP contribution >= 0.6 is 11.3 Å². The van der Waals surface area contributed by atoms with E-state index in [4.69, 9.17) is 9.15 Å². The van der Waals surface area contributed by atoms with Gasteiger partial charge in [-0.3, -0.25) is 4.90 Å². The third-order valence-corrected chi connectivity index (χ3v) is 6.92. The van der Waals surface area contributed by atoms with Crippen LogP contribution in [0, 0.1) is 5.92 Å². The maximum Gasteiger partial charge on any atom is 0.281 e. The highest BCUT2D eigenvalue weighted by Gasteiger charge is 2.20. The van der Waals surface area contributed by atoms with Gasteiger partial charge in [0, 0.05) is 36.3 Å². The number of pyridine rings is 1. The first kappa shape index (κ1) is 20.4. The molecule has 0 amide bonds. The topological polar surface area (TPSA) is 97.6 Å². The fourth-order valence-electron chi connectivity index (χ4n) is 3.94. The molecule has 0 spiro atoms. The minimum atomic E-state index is -2.51. The largest absolute Gasteiger partial charge is 0.464 e. The lowest BCUT2D eigenvalue weighted by molar-refractivity contribution is 0.179. The molecule has 1 aromatic carbocycles. The van der Waals surface area contributed by atoms with Crippen molar-refractivity contribution in [1.29, 1.82) is 0 Å². The minimum Gasteiger partial charge on any atom is -0.464 e. The Labute approximate surface area is 184 Å². The zero-order chi connectivity index (χ0) is 21.2. The number of furan rings is 1. The molecular weight excluding hydrogens is 436 g/mol. The van der Waals surface area contributed by atoms with E-state index in [-0.39, 0.29) is 0 Å². The average Bonchev–Trinajstić information content (AvgIpc) is 3.36. The molecule has 10 heteroatoms. The van der Waals surface area contributed by atoms with Gasteiger partial charge in [0.2, 0.25) is 10.9 Å². The summed E-state index contributed by atoms with van der Waals surface area (Å²) >= 11 is 1.46. The van der Waals surface area contributed by atoms with Crippen molar-refractivity contribution in [3.8, 4) is 10.9 Å². The number of thiazole rings is 1. The van der Waals surface area contributed by atoms with Gasteiger partial charge in [0.1, 0.15) is 11.3 Å². The molecule has 0 saturated carbocycles. The molecule has 5 rings (SSSR count). The van der Waals surface area contributed by atoms with Crippen molar-refractivity contribution >= 4 is 43.5 Å². The lowest BCUT2D eigenvalue weighted by Crippen LogP contribution is -2.36. The Kier molecular flexibility index (Phi) is 5.86. The highest BCUT2D eigenvalue weighted by Crippen LogP contribution is 2.33. The van der Waals surface area contributed by atoms with Gasteiger partial charge in [0.15, 0.2) is 5.65 Å². The number of benzene rings is 1. The summed E-state index contributed by atoms with van der Waals surface area (Å²) in [4.78, 5) is 11.0. The number of hydrogen-bond donors (Lipinski definition) is 2. The zero-order valence-corrected chi connectivity index (χ0v) is 18.4. The predicted octanol–water partition coefficient (Wildman–Crippen LogP) is 3.56. The van der Waals surface area contributed by atoms with Crippen LogP contribution < -0.4 is 9.46 Å². The third-order valence-electron chi connectivity index (χ3n) is 5.59. The van der Waals surface area contributed by atoms with E-state index in [1.807, 2.05) is 36.6 Å². The second kappa shape index (κ2) is 8.91. The number of aromatic nitrogens is 2. The van der Waals surface area contributed by atoms with Gasteiger partial charge in [0.05, 0.1) is 11.0 Å². The predicted molar refractivity (Wildman–Crippen MR) is 120 cm³/mol. The smallest absolute Gasteiger partial charge is 0.281 e. The van der Waals surface area contributed by atoms with Crippen LogP contribution in [0.1, 0.15) is 18.4 Å².